The van der Waals surface area contributed by atoms with Gasteiger partial charge in [0.05, 0.1) is 36.3 Å². The summed E-state index contributed by atoms with van der Waals surface area (Å²) < 4.78 is 53.4. The maximum Gasteiger partial charge on any atom is 0.415 e. The van der Waals surface area contributed by atoms with Crippen molar-refractivity contribution in [3.63, 3.8) is 0 Å². The van der Waals surface area contributed by atoms with E-state index < -0.39 is 18.8 Å². The molecule has 0 unspecified atom stereocenters. The highest BCUT2D eigenvalue weighted by molar-refractivity contribution is 5.91. The first-order valence-corrected chi connectivity index (χ1v) is 12.8. The van der Waals surface area contributed by atoms with Gasteiger partial charge in [-0.1, -0.05) is 0 Å². The molecule has 12 heteroatoms. The predicted octanol–water partition coefficient (Wildman–Crippen LogP) is 4.07. The van der Waals surface area contributed by atoms with Crippen molar-refractivity contribution in [1.29, 1.82) is 0 Å². The number of hydrogen-bond acceptors (Lipinski definition) is 7. The first-order chi connectivity index (χ1) is 17.8. The molecule has 37 heavy (non-hydrogen) atoms. The number of hydrogen-bond donors (Lipinski definition) is 3. The molecule has 3 aromatic rings. The van der Waals surface area contributed by atoms with Gasteiger partial charge >= 0.3 is 6.18 Å². The fourth-order valence-electron chi connectivity index (χ4n) is 5.02. The number of aryl methyl sites for hydroxylation is 1. The minimum Gasteiger partial charge on any atom is -0.490 e. The number of aliphatic hydroxyl groups is 1. The van der Waals surface area contributed by atoms with E-state index in [0.29, 0.717) is 43.9 Å². The molecular formula is C25H33F3N6O3. The Morgan fingerprint density at radius 2 is 2.03 bits per heavy atom. The monoisotopic (exact) mass is 522 g/mol. The minimum absolute atomic E-state index is 0.0466. The van der Waals surface area contributed by atoms with Crippen LogP contribution in [0.1, 0.15) is 44.6 Å². The molecule has 2 aliphatic rings. The number of imidazole rings is 1. The van der Waals surface area contributed by atoms with Crippen LogP contribution in [0.2, 0.25) is 0 Å². The van der Waals surface area contributed by atoms with E-state index in [9.17, 15) is 18.3 Å². The number of anilines is 2. The highest BCUT2D eigenvalue weighted by Crippen LogP contribution is 2.33. The molecule has 2 atom stereocenters. The van der Waals surface area contributed by atoms with E-state index in [1.807, 2.05) is 40.7 Å². The molecule has 0 spiro atoms. The summed E-state index contributed by atoms with van der Waals surface area (Å²) in [6.07, 6.45) is 1.54. The summed E-state index contributed by atoms with van der Waals surface area (Å²) in [4.78, 5) is 4.54. The van der Waals surface area contributed by atoms with E-state index in [0.717, 1.165) is 36.2 Å². The summed E-state index contributed by atoms with van der Waals surface area (Å²) in [5.74, 6) is 1.41. The van der Waals surface area contributed by atoms with Crippen LogP contribution in [0.5, 0.6) is 5.75 Å². The Balaban J connectivity index is 1.23. The molecule has 0 amide bonds. The molecule has 1 saturated carbocycles. The highest BCUT2D eigenvalue weighted by atomic mass is 19.4. The third-order valence-corrected chi connectivity index (χ3v) is 7.14. The zero-order chi connectivity index (χ0) is 26.0. The van der Waals surface area contributed by atoms with E-state index in [-0.39, 0.29) is 18.2 Å². The number of aromatic nitrogens is 4. The third-order valence-electron chi connectivity index (χ3n) is 7.14. The maximum atomic E-state index is 12.5. The zero-order valence-corrected chi connectivity index (χ0v) is 20.7. The van der Waals surface area contributed by atoms with Crippen LogP contribution >= 0.6 is 0 Å². The lowest BCUT2D eigenvalue weighted by Crippen LogP contribution is -2.44. The molecule has 202 valence electrons. The van der Waals surface area contributed by atoms with Gasteiger partial charge in [0.2, 0.25) is 0 Å². The van der Waals surface area contributed by atoms with Gasteiger partial charge in [-0.2, -0.15) is 18.3 Å². The number of ether oxygens (including phenoxy) is 2. The Labute approximate surface area is 212 Å². The second-order valence-electron chi connectivity index (χ2n) is 9.93. The van der Waals surface area contributed by atoms with Crippen molar-refractivity contribution in [3.8, 4) is 5.75 Å². The number of rotatable bonds is 8. The van der Waals surface area contributed by atoms with Gasteiger partial charge in [0, 0.05) is 50.6 Å². The topological polar surface area (TPSA) is 98.4 Å². The normalized spacial score (nSPS) is 23.8. The van der Waals surface area contributed by atoms with Crippen molar-refractivity contribution < 1.29 is 27.8 Å². The van der Waals surface area contributed by atoms with Crippen LogP contribution in [0.4, 0.5) is 24.7 Å². The highest BCUT2D eigenvalue weighted by Gasteiger charge is 2.38. The summed E-state index contributed by atoms with van der Waals surface area (Å²) in [7, 11) is 1.92. The lowest BCUT2D eigenvalue weighted by Gasteiger charge is -2.30. The third kappa shape index (κ3) is 6.19. The van der Waals surface area contributed by atoms with Crippen LogP contribution < -0.4 is 15.4 Å². The molecule has 0 radical (unpaired) electrons. The number of benzene rings is 1. The maximum absolute atomic E-state index is 12.5. The van der Waals surface area contributed by atoms with Gasteiger partial charge in [-0.25, -0.2) is 4.98 Å². The standard InChI is InChI=1S/C25H33F3N6O3/c1-33-15-30-24-20(31-23-8-9-34(32-23)17-3-2-10-36-14-17)11-19(12-21(24)33)37-18-6-4-16(5-7-18)29-13-22(35)25(26,27)28/h8-9,11-12,15-18,22,29,35H,2-7,10,13-14H2,1H3,(H,31,32)/t16-,17-,18+,22+/m0/s1. The van der Waals surface area contributed by atoms with Crippen molar-refractivity contribution in [3.05, 3.63) is 30.7 Å². The number of nitrogens with zero attached hydrogens (tertiary/aromatic N) is 4. The molecule has 1 saturated heterocycles. The zero-order valence-electron chi connectivity index (χ0n) is 20.7. The van der Waals surface area contributed by atoms with Gasteiger partial charge in [0.15, 0.2) is 11.9 Å². The number of aliphatic hydroxyl groups excluding tert-OH is 1. The quantitative estimate of drug-likeness (QED) is 0.410. The van der Waals surface area contributed by atoms with Crippen LogP contribution in [0, 0.1) is 0 Å². The summed E-state index contributed by atoms with van der Waals surface area (Å²) in [5.41, 5.74) is 2.51. The van der Waals surface area contributed by atoms with E-state index >= 15 is 0 Å². The van der Waals surface area contributed by atoms with Crippen molar-refractivity contribution in [1.82, 2.24) is 24.6 Å². The van der Waals surface area contributed by atoms with Crippen molar-refractivity contribution in [2.24, 2.45) is 7.05 Å². The molecule has 2 aromatic heterocycles. The van der Waals surface area contributed by atoms with Crippen molar-refractivity contribution >= 4 is 22.5 Å². The Kier molecular flexibility index (Phi) is 7.59. The predicted molar refractivity (Wildman–Crippen MR) is 132 cm³/mol. The molecule has 3 heterocycles. The first kappa shape index (κ1) is 25.8. The van der Waals surface area contributed by atoms with Gasteiger partial charge in [0.1, 0.15) is 11.3 Å². The van der Waals surface area contributed by atoms with Gasteiger partial charge in [-0.3, -0.25) is 4.68 Å². The molecular weight excluding hydrogens is 489 g/mol. The van der Waals surface area contributed by atoms with E-state index in [4.69, 9.17) is 14.6 Å². The largest absolute Gasteiger partial charge is 0.490 e. The Morgan fingerprint density at radius 1 is 1.22 bits per heavy atom. The van der Waals surface area contributed by atoms with E-state index in [2.05, 4.69) is 15.6 Å². The van der Waals surface area contributed by atoms with Crippen LogP contribution in [0.15, 0.2) is 30.7 Å². The second kappa shape index (κ2) is 10.9. The number of alkyl halides is 3. The SMILES string of the molecule is Cn1cnc2c(Nc3ccn([C@H]4CCCOC4)n3)cc(O[C@H]3CC[C@@H](NC[C@@H](O)C(F)(F)F)CC3)cc21. The van der Waals surface area contributed by atoms with Gasteiger partial charge in [0.25, 0.3) is 0 Å². The number of halogens is 3. The minimum atomic E-state index is -4.61. The van der Waals surface area contributed by atoms with Gasteiger partial charge < -0.3 is 29.8 Å². The molecule has 5 rings (SSSR count). The van der Waals surface area contributed by atoms with E-state index in [1.54, 1.807) is 6.33 Å². The molecule has 1 aliphatic heterocycles. The smallest absolute Gasteiger partial charge is 0.415 e. The molecule has 9 nitrogen and oxygen atoms in total. The van der Waals surface area contributed by atoms with Crippen molar-refractivity contribution in [2.45, 2.75) is 69.0 Å². The molecule has 1 aromatic carbocycles. The van der Waals surface area contributed by atoms with Crippen LogP contribution in [0.3, 0.4) is 0 Å². The van der Waals surface area contributed by atoms with Crippen LogP contribution in [0.25, 0.3) is 11.0 Å². The summed E-state index contributed by atoms with van der Waals surface area (Å²) in [5, 5.41) is 20.1. The summed E-state index contributed by atoms with van der Waals surface area (Å²) >= 11 is 0. The fraction of sp³-hybridized carbons (Fsp3) is 0.600. The van der Waals surface area contributed by atoms with Gasteiger partial charge in [-0.15, -0.1) is 0 Å². The number of fused-ring (bicyclic) bond motifs is 1. The first-order valence-electron chi connectivity index (χ1n) is 12.8. The Bertz CT molecular complexity index is 1180. The Hall–Kier alpha value is -2.83. The molecule has 3 N–H and O–H groups in total. The van der Waals surface area contributed by atoms with E-state index in [1.165, 1.54) is 0 Å². The molecule has 0 bridgehead atoms. The average molecular weight is 523 g/mol. The van der Waals surface area contributed by atoms with Crippen molar-refractivity contribution in [2.75, 3.05) is 25.1 Å². The van der Waals surface area contributed by atoms with Crippen LogP contribution in [-0.4, -0.2) is 68.6 Å². The molecule has 2 fully saturated rings. The molecule has 1 aliphatic carbocycles. The second-order valence-corrected chi connectivity index (χ2v) is 9.93. The lowest BCUT2D eigenvalue weighted by atomic mass is 9.93. The lowest BCUT2D eigenvalue weighted by molar-refractivity contribution is -0.202. The average Bonchev–Trinajstić information content (AvgIpc) is 3.50. The van der Waals surface area contributed by atoms with Crippen LogP contribution in [-0.2, 0) is 11.8 Å². The summed E-state index contributed by atoms with van der Waals surface area (Å²) in [6.45, 7) is 0.970. The fourth-order valence-corrected chi connectivity index (χ4v) is 5.02. The summed E-state index contributed by atoms with van der Waals surface area (Å²) in [6, 6.07) is 5.96. The number of nitrogens with one attached hydrogen (secondary N) is 2. The van der Waals surface area contributed by atoms with Gasteiger partial charge in [-0.05, 0) is 38.5 Å². The Morgan fingerprint density at radius 3 is 2.76 bits per heavy atom.